The van der Waals surface area contributed by atoms with E-state index in [0.29, 0.717) is 5.57 Å². The van der Waals surface area contributed by atoms with Crippen molar-refractivity contribution < 1.29 is 29.3 Å². The van der Waals surface area contributed by atoms with Gasteiger partial charge in [-0.1, -0.05) is 31.4 Å². The van der Waals surface area contributed by atoms with E-state index >= 15 is 0 Å². The molecule has 0 aliphatic rings. The molecule has 2 amide bonds. The van der Waals surface area contributed by atoms with Gasteiger partial charge in [0.2, 0.25) is 5.91 Å². The van der Waals surface area contributed by atoms with Crippen molar-refractivity contribution in [2.45, 2.75) is 19.1 Å². The second-order valence-corrected chi connectivity index (χ2v) is 4.78. The summed E-state index contributed by atoms with van der Waals surface area (Å²) in [6, 6.07) is 0. The third-order valence-corrected chi connectivity index (χ3v) is 2.53. The molecule has 0 aromatic rings. The normalized spacial score (nSPS) is 11.6. The monoisotopic (exact) mass is 354 g/mol. The summed E-state index contributed by atoms with van der Waals surface area (Å²) in [6.45, 7) is 15.9. The van der Waals surface area contributed by atoms with Crippen molar-refractivity contribution in [1.82, 2.24) is 4.90 Å². The van der Waals surface area contributed by atoms with Crippen LogP contribution in [0.5, 0.6) is 0 Å². The summed E-state index contributed by atoms with van der Waals surface area (Å²) in [6.07, 6.45) is 0.637. The zero-order chi connectivity index (χ0) is 20.0. The van der Waals surface area contributed by atoms with Crippen LogP contribution in [0.4, 0.5) is 0 Å². The molecule has 8 heteroatoms. The largest absolute Gasteiger partial charge is 0.458 e. The lowest BCUT2D eigenvalue weighted by molar-refractivity contribution is -0.151. The van der Waals surface area contributed by atoms with Crippen molar-refractivity contribution in [1.29, 1.82) is 0 Å². The van der Waals surface area contributed by atoms with E-state index < -0.39 is 24.0 Å². The number of rotatable bonds is 10. The number of primary amides is 1. The number of aliphatic hydroxyl groups excluding tert-OH is 2. The second-order valence-electron chi connectivity index (χ2n) is 4.78. The molecule has 0 spiro atoms. The Kier molecular flexibility index (Phi) is 13.5. The summed E-state index contributed by atoms with van der Waals surface area (Å²) in [7, 11) is 0. The van der Waals surface area contributed by atoms with Crippen molar-refractivity contribution in [3.05, 3.63) is 50.1 Å². The molecule has 4 N–H and O–H groups in total. The first-order valence-electron chi connectivity index (χ1n) is 7.23. The van der Waals surface area contributed by atoms with Gasteiger partial charge in [0.1, 0.15) is 6.61 Å². The fourth-order valence-corrected chi connectivity index (χ4v) is 1.30. The van der Waals surface area contributed by atoms with Gasteiger partial charge in [-0.25, -0.2) is 4.79 Å². The van der Waals surface area contributed by atoms with E-state index in [1.54, 1.807) is 6.92 Å². The molecule has 0 radical (unpaired) electrons. The van der Waals surface area contributed by atoms with Crippen LogP contribution in [0, 0.1) is 0 Å². The Balaban J connectivity index is 0. The molecule has 0 bridgehead atoms. The lowest BCUT2D eigenvalue weighted by Gasteiger charge is -2.23. The van der Waals surface area contributed by atoms with Crippen molar-refractivity contribution in [3.8, 4) is 0 Å². The SMILES string of the molecule is C=CCN(CC=C)C(=O)C(O)C(O)C(N)=O.C=CCOC(=O)C(=C)C. The molecule has 0 saturated heterocycles. The average Bonchev–Trinajstić information content (AvgIpc) is 2.57. The Labute approximate surface area is 147 Å². The Morgan fingerprint density at radius 2 is 1.56 bits per heavy atom. The van der Waals surface area contributed by atoms with E-state index in [9.17, 15) is 19.5 Å². The third kappa shape index (κ3) is 10.6. The zero-order valence-corrected chi connectivity index (χ0v) is 14.4. The number of aliphatic hydroxyl groups is 2. The zero-order valence-electron chi connectivity index (χ0n) is 14.4. The molecular formula is C17H26N2O6. The van der Waals surface area contributed by atoms with E-state index in [-0.39, 0.29) is 25.7 Å². The standard InChI is InChI=1S/C10H16N2O4.C7H10O2/c1-3-5-12(6-4-2)10(16)8(14)7(13)9(11)15;1-4-5-9-7(8)6(2)3/h3-4,7-8,13-14H,1-2,5-6H2,(H2,11,15);4H,1-2,5H2,3H3. The van der Waals surface area contributed by atoms with Gasteiger partial charge in [-0.15, -0.1) is 13.2 Å². The summed E-state index contributed by atoms with van der Waals surface area (Å²) in [5, 5.41) is 18.5. The number of ether oxygens (including phenoxy) is 1. The van der Waals surface area contributed by atoms with E-state index in [1.165, 1.54) is 23.1 Å². The molecule has 0 heterocycles. The number of hydrogen-bond acceptors (Lipinski definition) is 6. The fourth-order valence-electron chi connectivity index (χ4n) is 1.30. The van der Waals surface area contributed by atoms with Crippen LogP contribution in [0.2, 0.25) is 0 Å². The minimum absolute atomic E-state index is 0.174. The minimum Gasteiger partial charge on any atom is -0.458 e. The van der Waals surface area contributed by atoms with Crippen molar-refractivity contribution in [2.24, 2.45) is 5.73 Å². The highest BCUT2D eigenvalue weighted by molar-refractivity contribution is 5.90. The van der Waals surface area contributed by atoms with Gasteiger partial charge in [0, 0.05) is 18.7 Å². The molecule has 0 saturated carbocycles. The van der Waals surface area contributed by atoms with Gasteiger partial charge in [-0.05, 0) is 6.92 Å². The number of carbonyl (C=O) groups is 3. The predicted molar refractivity (Wildman–Crippen MR) is 94.2 cm³/mol. The summed E-state index contributed by atoms with van der Waals surface area (Å²) in [5.41, 5.74) is 5.18. The topological polar surface area (TPSA) is 130 Å². The molecule has 2 unspecified atom stereocenters. The smallest absolute Gasteiger partial charge is 0.333 e. The fraction of sp³-hybridized carbons (Fsp3) is 0.353. The van der Waals surface area contributed by atoms with E-state index in [1.807, 2.05) is 0 Å². The lowest BCUT2D eigenvalue weighted by atomic mass is 10.1. The molecule has 0 aromatic heterocycles. The number of nitrogens with zero attached hydrogens (tertiary/aromatic N) is 1. The lowest BCUT2D eigenvalue weighted by Crippen LogP contribution is -2.49. The summed E-state index contributed by atoms with van der Waals surface area (Å²) in [4.78, 5) is 33.9. The average molecular weight is 354 g/mol. The van der Waals surface area contributed by atoms with Gasteiger partial charge in [0.25, 0.3) is 5.91 Å². The van der Waals surface area contributed by atoms with Crippen LogP contribution >= 0.6 is 0 Å². The van der Waals surface area contributed by atoms with Gasteiger partial charge in [0.05, 0.1) is 0 Å². The number of carbonyl (C=O) groups excluding carboxylic acids is 3. The van der Waals surface area contributed by atoms with Crippen LogP contribution < -0.4 is 5.73 Å². The van der Waals surface area contributed by atoms with Gasteiger partial charge < -0.3 is 25.6 Å². The van der Waals surface area contributed by atoms with Crippen LogP contribution in [0.3, 0.4) is 0 Å². The molecule has 0 rings (SSSR count). The van der Waals surface area contributed by atoms with Crippen molar-refractivity contribution >= 4 is 17.8 Å². The summed E-state index contributed by atoms with van der Waals surface area (Å²) in [5.74, 6) is -2.32. The Hall–Kier alpha value is -2.71. The van der Waals surface area contributed by atoms with Gasteiger partial charge in [-0.2, -0.15) is 0 Å². The van der Waals surface area contributed by atoms with E-state index in [0.717, 1.165) is 0 Å². The Bertz CT molecular complexity index is 505. The first-order valence-corrected chi connectivity index (χ1v) is 7.23. The highest BCUT2D eigenvalue weighted by atomic mass is 16.5. The molecule has 0 aliphatic carbocycles. The molecule has 8 nitrogen and oxygen atoms in total. The predicted octanol–water partition coefficient (Wildman–Crippen LogP) is -0.314. The van der Waals surface area contributed by atoms with Gasteiger partial charge >= 0.3 is 5.97 Å². The van der Waals surface area contributed by atoms with Crippen LogP contribution in [-0.4, -0.2) is 64.8 Å². The molecular weight excluding hydrogens is 328 g/mol. The number of esters is 1. The summed E-state index contributed by atoms with van der Waals surface area (Å²) >= 11 is 0. The van der Waals surface area contributed by atoms with Gasteiger partial charge in [-0.3, -0.25) is 9.59 Å². The highest BCUT2D eigenvalue weighted by Gasteiger charge is 2.31. The van der Waals surface area contributed by atoms with E-state index in [2.05, 4.69) is 31.1 Å². The number of nitrogens with two attached hydrogens (primary N) is 1. The number of hydrogen-bond donors (Lipinski definition) is 3. The second kappa shape index (κ2) is 13.7. The molecule has 0 aliphatic heterocycles. The highest BCUT2D eigenvalue weighted by Crippen LogP contribution is 2.01. The molecule has 25 heavy (non-hydrogen) atoms. The minimum atomic E-state index is -1.91. The first-order chi connectivity index (χ1) is 11.6. The number of amides is 2. The van der Waals surface area contributed by atoms with Crippen molar-refractivity contribution in [2.75, 3.05) is 19.7 Å². The Morgan fingerprint density at radius 3 is 1.88 bits per heavy atom. The maximum absolute atomic E-state index is 11.6. The van der Waals surface area contributed by atoms with E-state index in [4.69, 9.17) is 10.8 Å². The van der Waals surface area contributed by atoms with Crippen LogP contribution in [0.15, 0.2) is 50.1 Å². The molecule has 0 fully saturated rings. The molecule has 2 atom stereocenters. The van der Waals surface area contributed by atoms with Crippen LogP contribution in [-0.2, 0) is 19.1 Å². The summed E-state index contributed by atoms with van der Waals surface area (Å²) < 4.78 is 4.60. The molecule has 140 valence electrons. The van der Waals surface area contributed by atoms with Crippen LogP contribution in [0.1, 0.15) is 6.92 Å². The maximum atomic E-state index is 11.6. The van der Waals surface area contributed by atoms with Crippen LogP contribution in [0.25, 0.3) is 0 Å². The maximum Gasteiger partial charge on any atom is 0.333 e. The van der Waals surface area contributed by atoms with Gasteiger partial charge in [0.15, 0.2) is 12.2 Å². The van der Waals surface area contributed by atoms with Crippen molar-refractivity contribution in [3.63, 3.8) is 0 Å². The molecule has 0 aromatic carbocycles. The third-order valence-electron chi connectivity index (χ3n) is 2.53. The first kappa shape index (κ1) is 24.5. The quantitative estimate of drug-likeness (QED) is 0.280. The Morgan fingerprint density at radius 1 is 1.08 bits per heavy atom.